The Hall–Kier alpha value is -1.49. The molecule has 1 aliphatic heterocycles. The lowest BCUT2D eigenvalue weighted by molar-refractivity contribution is -0.386. The summed E-state index contributed by atoms with van der Waals surface area (Å²) in [4.78, 5) is 9.60. The zero-order valence-corrected chi connectivity index (χ0v) is 14.7. The average Bonchev–Trinajstić information content (AvgIpc) is 2.48. The highest BCUT2D eigenvalue weighted by molar-refractivity contribution is 7.89. The molecular formula is C13H19ClFN3O5S. The average molecular weight is 384 g/mol. The van der Waals surface area contributed by atoms with Crippen molar-refractivity contribution in [1.82, 2.24) is 10.0 Å². The van der Waals surface area contributed by atoms with Gasteiger partial charge in [0.15, 0.2) is 5.82 Å². The van der Waals surface area contributed by atoms with Gasteiger partial charge in [0.25, 0.3) is 0 Å². The van der Waals surface area contributed by atoms with Crippen LogP contribution in [0, 0.1) is 15.9 Å². The zero-order chi connectivity index (χ0) is 17.2. The Labute approximate surface area is 145 Å². The first-order valence-corrected chi connectivity index (χ1v) is 8.52. The summed E-state index contributed by atoms with van der Waals surface area (Å²) in [5.74, 6) is -1.70. The minimum absolute atomic E-state index is 0. The quantitative estimate of drug-likeness (QED) is 0.590. The van der Waals surface area contributed by atoms with Crippen LogP contribution < -0.4 is 14.8 Å². The van der Waals surface area contributed by atoms with Crippen LogP contribution in [0.2, 0.25) is 0 Å². The second kappa shape index (κ2) is 8.06. The minimum atomic E-state index is -4.09. The van der Waals surface area contributed by atoms with Gasteiger partial charge in [-0.3, -0.25) is 10.1 Å². The van der Waals surface area contributed by atoms with Crippen molar-refractivity contribution in [2.75, 3.05) is 13.7 Å². The summed E-state index contributed by atoms with van der Waals surface area (Å²) in [6.45, 7) is 2.63. The molecule has 1 heterocycles. The normalized spacial score (nSPS) is 21.0. The Bertz CT molecular complexity index is 716. The van der Waals surface area contributed by atoms with Gasteiger partial charge in [-0.25, -0.2) is 17.5 Å². The SMILES string of the molecule is COc1c(F)cc(S(=O)(=O)NC2CCCNC2C)cc1[N+](=O)[O-].Cl. The van der Waals surface area contributed by atoms with Crippen LogP contribution in [0.4, 0.5) is 10.1 Å². The van der Waals surface area contributed by atoms with Gasteiger partial charge in [-0.05, 0) is 32.4 Å². The van der Waals surface area contributed by atoms with Crippen LogP contribution in [0.1, 0.15) is 19.8 Å². The number of nitro groups is 1. The molecule has 1 saturated heterocycles. The maximum Gasteiger partial charge on any atom is 0.315 e. The lowest BCUT2D eigenvalue weighted by Crippen LogP contribution is -2.51. The Morgan fingerprint density at radius 3 is 2.67 bits per heavy atom. The minimum Gasteiger partial charge on any atom is -0.488 e. The molecule has 2 unspecified atom stereocenters. The largest absolute Gasteiger partial charge is 0.488 e. The third-order valence-corrected chi connectivity index (χ3v) is 5.25. The van der Waals surface area contributed by atoms with Gasteiger partial charge in [-0.2, -0.15) is 0 Å². The van der Waals surface area contributed by atoms with E-state index < -0.39 is 37.1 Å². The number of nitrogens with one attached hydrogen (secondary N) is 2. The van der Waals surface area contributed by atoms with Crippen molar-refractivity contribution in [3.05, 3.63) is 28.1 Å². The van der Waals surface area contributed by atoms with E-state index in [1.54, 1.807) is 0 Å². The van der Waals surface area contributed by atoms with Crippen molar-refractivity contribution in [2.45, 2.75) is 36.7 Å². The molecule has 0 aliphatic carbocycles. The predicted molar refractivity (Wildman–Crippen MR) is 87.7 cm³/mol. The number of benzene rings is 1. The second-order valence-electron chi connectivity index (χ2n) is 5.33. The molecule has 0 saturated carbocycles. The summed E-state index contributed by atoms with van der Waals surface area (Å²) in [6.07, 6.45) is 1.43. The molecular weight excluding hydrogens is 365 g/mol. The van der Waals surface area contributed by atoms with E-state index in [1.165, 1.54) is 0 Å². The number of hydrogen-bond acceptors (Lipinski definition) is 6. The maximum absolute atomic E-state index is 13.9. The summed E-state index contributed by atoms with van der Waals surface area (Å²) in [6, 6.07) is 1.06. The molecule has 8 nitrogen and oxygen atoms in total. The third kappa shape index (κ3) is 4.32. The number of methoxy groups -OCH3 is 1. The number of hydrogen-bond donors (Lipinski definition) is 2. The van der Waals surface area contributed by atoms with E-state index in [-0.39, 0.29) is 24.5 Å². The number of sulfonamides is 1. The van der Waals surface area contributed by atoms with Crippen LogP contribution >= 0.6 is 12.4 Å². The molecule has 2 atom stereocenters. The van der Waals surface area contributed by atoms with Crippen LogP contribution in [-0.4, -0.2) is 39.1 Å². The molecule has 1 fully saturated rings. The van der Waals surface area contributed by atoms with Gasteiger partial charge in [0, 0.05) is 18.2 Å². The predicted octanol–water partition coefficient (Wildman–Crippen LogP) is 1.58. The number of piperidine rings is 1. The molecule has 2 N–H and O–H groups in total. The lowest BCUT2D eigenvalue weighted by atomic mass is 10.0. The molecule has 1 aliphatic rings. The molecule has 11 heteroatoms. The smallest absolute Gasteiger partial charge is 0.315 e. The number of nitrogens with zero attached hydrogens (tertiary/aromatic N) is 1. The first-order valence-electron chi connectivity index (χ1n) is 7.04. The second-order valence-corrected chi connectivity index (χ2v) is 7.04. The fraction of sp³-hybridized carbons (Fsp3) is 0.538. The Balaban J connectivity index is 0.00000288. The molecule has 0 spiro atoms. The fourth-order valence-electron chi connectivity index (χ4n) is 2.52. The summed E-state index contributed by atoms with van der Waals surface area (Å²) in [7, 11) is -3.01. The van der Waals surface area contributed by atoms with E-state index in [4.69, 9.17) is 0 Å². The van der Waals surface area contributed by atoms with Crippen molar-refractivity contribution in [1.29, 1.82) is 0 Å². The van der Waals surface area contributed by atoms with Crippen LogP contribution in [0.3, 0.4) is 0 Å². The molecule has 0 bridgehead atoms. The molecule has 0 amide bonds. The monoisotopic (exact) mass is 383 g/mol. The van der Waals surface area contributed by atoms with E-state index in [0.29, 0.717) is 6.42 Å². The number of ether oxygens (including phenoxy) is 1. The Kier molecular flexibility index (Phi) is 6.90. The maximum atomic E-state index is 13.9. The number of rotatable bonds is 5. The third-order valence-electron chi connectivity index (χ3n) is 3.78. The number of nitro benzene ring substituents is 1. The van der Waals surface area contributed by atoms with E-state index >= 15 is 0 Å². The van der Waals surface area contributed by atoms with Crippen LogP contribution in [0.25, 0.3) is 0 Å². The van der Waals surface area contributed by atoms with Gasteiger partial charge in [0.1, 0.15) is 0 Å². The van der Waals surface area contributed by atoms with Gasteiger partial charge in [0.2, 0.25) is 15.8 Å². The Morgan fingerprint density at radius 2 is 2.12 bits per heavy atom. The van der Waals surface area contributed by atoms with Crippen molar-refractivity contribution in [3.8, 4) is 5.75 Å². The van der Waals surface area contributed by atoms with Crippen LogP contribution in [-0.2, 0) is 10.0 Å². The van der Waals surface area contributed by atoms with Gasteiger partial charge in [-0.15, -0.1) is 12.4 Å². The first kappa shape index (κ1) is 20.6. The topological polar surface area (TPSA) is 111 Å². The van der Waals surface area contributed by atoms with Gasteiger partial charge < -0.3 is 10.1 Å². The molecule has 24 heavy (non-hydrogen) atoms. The molecule has 0 aromatic heterocycles. The summed E-state index contributed by atoms with van der Waals surface area (Å²) in [5.41, 5.74) is -0.734. The molecule has 2 rings (SSSR count). The van der Waals surface area contributed by atoms with Crippen molar-refractivity contribution in [2.24, 2.45) is 0 Å². The van der Waals surface area contributed by atoms with E-state index in [1.807, 2.05) is 6.92 Å². The summed E-state index contributed by atoms with van der Waals surface area (Å²) in [5, 5.41) is 14.1. The van der Waals surface area contributed by atoms with Crippen LogP contribution in [0.15, 0.2) is 17.0 Å². The van der Waals surface area contributed by atoms with E-state index in [0.717, 1.165) is 32.2 Å². The molecule has 1 aromatic carbocycles. The number of halogens is 2. The van der Waals surface area contributed by atoms with Crippen molar-refractivity contribution >= 4 is 28.1 Å². The summed E-state index contributed by atoms with van der Waals surface area (Å²) < 4.78 is 45.8. The highest BCUT2D eigenvalue weighted by atomic mass is 35.5. The van der Waals surface area contributed by atoms with Gasteiger partial charge >= 0.3 is 5.69 Å². The zero-order valence-electron chi connectivity index (χ0n) is 13.1. The van der Waals surface area contributed by atoms with E-state index in [2.05, 4.69) is 14.8 Å². The highest BCUT2D eigenvalue weighted by Crippen LogP contribution is 2.32. The fourth-order valence-corrected chi connectivity index (χ4v) is 3.90. The molecule has 1 aromatic rings. The Morgan fingerprint density at radius 1 is 1.46 bits per heavy atom. The standard InChI is InChI=1S/C13H18FN3O5S.ClH/c1-8-11(4-3-5-15-8)16-23(20,21)9-6-10(14)13(22-2)12(7-9)17(18)19;/h6-8,11,15-16H,3-5H2,1-2H3;1H. The molecule has 0 radical (unpaired) electrons. The van der Waals surface area contributed by atoms with Crippen molar-refractivity contribution in [3.63, 3.8) is 0 Å². The van der Waals surface area contributed by atoms with E-state index in [9.17, 15) is 22.9 Å². The van der Waals surface area contributed by atoms with Gasteiger partial charge in [0.05, 0.1) is 16.9 Å². The van der Waals surface area contributed by atoms with Crippen molar-refractivity contribution < 1.29 is 22.5 Å². The molecule has 136 valence electrons. The van der Waals surface area contributed by atoms with Gasteiger partial charge in [-0.1, -0.05) is 0 Å². The summed E-state index contributed by atoms with van der Waals surface area (Å²) >= 11 is 0. The lowest BCUT2D eigenvalue weighted by Gasteiger charge is -2.30. The first-order chi connectivity index (χ1) is 10.8. The highest BCUT2D eigenvalue weighted by Gasteiger charge is 2.30. The van der Waals surface area contributed by atoms with Crippen LogP contribution in [0.5, 0.6) is 5.75 Å².